The second-order valence-electron chi connectivity index (χ2n) is 9.06. The molecule has 0 unspecified atom stereocenters. The van der Waals surface area contributed by atoms with E-state index in [9.17, 15) is 15.3 Å². The van der Waals surface area contributed by atoms with E-state index in [1.54, 1.807) is 0 Å². The lowest BCUT2D eigenvalue weighted by Crippen LogP contribution is -2.36. The van der Waals surface area contributed by atoms with Crippen LogP contribution in [0.4, 0.5) is 0 Å². The molecule has 0 aromatic heterocycles. The van der Waals surface area contributed by atoms with Crippen molar-refractivity contribution in [3.8, 4) is 12.1 Å². The van der Waals surface area contributed by atoms with E-state index in [2.05, 4.69) is 58.4 Å². The van der Waals surface area contributed by atoms with E-state index in [1.807, 2.05) is 60.7 Å². The number of benzene rings is 3. The highest BCUT2D eigenvalue weighted by Gasteiger charge is 2.45. The summed E-state index contributed by atoms with van der Waals surface area (Å²) in [6.07, 6.45) is 3.13. The van der Waals surface area contributed by atoms with Crippen molar-refractivity contribution in [2.24, 2.45) is 17.8 Å². The monoisotopic (exact) mass is 538 g/mol. The lowest BCUT2D eigenvalue weighted by atomic mass is 9.59. The number of nitriles is 2. The first-order valence-corrected chi connectivity index (χ1v) is 12.8. The maximum atomic E-state index is 12.8. The summed E-state index contributed by atoms with van der Waals surface area (Å²) in [5.41, 5.74) is 4.16. The number of allylic oxidation sites excluding steroid dienone is 2. The van der Waals surface area contributed by atoms with E-state index in [-0.39, 0.29) is 30.1 Å². The van der Waals surface area contributed by atoms with Crippen LogP contribution in [0.2, 0.25) is 0 Å². The Morgan fingerprint density at radius 2 is 1.58 bits per heavy atom. The van der Waals surface area contributed by atoms with E-state index in [0.717, 1.165) is 33.2 Å². The number of esters is 1. The molecule has 3 aromatic rings. The Hall–Kier alpha value is -3.67. The smallest absolute Gasteiger partial charge is 0.306 e. The number of nitrogens with zero attached hydrogens (tertiary/aromatic N) is 2. The van der Waals surface area contributed by atoms with Crippen LogP contribution in [-0.2, 0) is 9.53 Å². The molecule has 4 atom stereocenters. The molecular weight excluding hydrogens is 512 g/mol. The first kappa shape index (κ1) is 25.4. The summed E-state index contributed by atoms with van der Waals surface area (Å²) in [4.78, 5) is 12.8. The Morgan fingerprint density at radius 1 is 0.972 bits per heavy atom. The molecule has 5 heteroatoms. The Balaban J connectivity index is 1.95. The highest BCUT2D eigenvalue weighted by molar-refractivity contribution is 9.10. The quantitative estimate of drug-likeness (QED) is 0.296. The van der Waals surface area contributed by atoms with Crippen LogP contribution in [-0.4, -0.2) is 13.1 Å². The Labute approximate surface area is 221 Å². The number of methoxy groups -OCH3 is 1. The van der Waals surface area contributed by atoms with Crippen LogP contribution in [0, 0.1) is 40.4 Å². The van der Waals surface area contributed by atoms with Gasteiger partial charge in [0, 0.05) is 10.4 Å². The molecule has 0 heterocycles. The average molecular weight is 539 g/mol. The zero-order valence-corrected chi connectivity index (χ0v) is 21.6. The number of rotatable bonds is 7. The topological polar surface area (TPSA) is 73.9 Å². The lowest BCUT2D eigenvalue weighted by Gasteiger charge is -2.44. The average Bonchev–Trinajstić information content (AvgIpc) is 2.93. The number of carbonyl (C=O) groups is 1. The van der Waals surface area contributed by atoms with Crippen LogP contribution in [0.25, 0.3) is 5.57 Å². The maximum Gasteiger partial charge on any atom is 0.306 e. The van der Waals surface area contributed by atoms with E-state index >= 15 is 0 Å². The fourth-order valence-corrected chi connectivity index (χ4v) is 5.86. The predicted molar refractivity (Wildman–Crippen MR) is 143 cm³/mol. The summed E-state index contributed by atoms with van der Waals surface area (Å²) < 4.78 is 6.12. The zero-order valence-electron chi connectivity index (χ0n) is 20.1. The molecule has 36 heavy (non-hydrogen) atoms. The van der Waals surface area contributed by atoms with Gasteiger partial charge in [-0.25, -0.2) is 0 Å². The zero-order chi connectivity index (χ0) is 25.5. The molecule has 0 amide bonds. The van der Waals surface area contributed by atoms with E-state index in [4.69, 9.17) is 4.74 Å². The lowest BCUT2D eigenvalue weighted by molar-refractivity contribution is -0.141. The van der Waals surface area contributed by atoms with Gasteiger partial charge in [0.05, 0.1) is 25.7 Å². The Bertz CT molecular complexity index is 1280. The van der Waals surface area contributed by atoms with Gasteiger partial charge in [0.15, 0.2) is 0 Å². The van der Waals surface area contributed by atoms with Gasteiger partial charge in [-0.1, -0.05) is 94.8 Å². The summed E-state index contributed by atoms with van der Waals surface area (Å²) in [6.45, 7) is 0. The number of halogens is 1. The molecule has 0 spiro atoms. The van der Waals surface area contributed by atoms with Gasteiger partial charge < -0.3 is 4.74 Å². The minimum absolute atomic E-state index is 0.00891. The van der Waals surface area contributed by atoms with E-state index < -0.39 is 11.8 Å². The van der Waals surface area contributed by atoms with Crippen molar-refractivity contribution in [1.29, 1.82) is 10.5 Å². The number of ether oxygens (including phenoxy) is 1. The van der Waals surface area contributed by atoms with Gasteiger partial charge in [0.2, 0.25) is 0 Å². The molecule has 1 aliphatic carbocycles. The number of carbonyl (C=O) groups excluding carboxylic acids is 1. The summed E-state index contributed by atoms with van der Waals surface area (Å²) in [5.74, 6) is -1.98. The van der Waals surface area contributed by atoms with Crippen molar-refractivity contribution < 1.29 is 9.53 Å². The second kappa shape index (κ2) is 11.8. The fourth-order valence-electron chi connectivity index (χ4n) is 5.59. The van der Waals surface area contributed by atoms with Crippen LogP contribution in [0.15, 0.2) is 95.5 Å². The highest BCUT2D eigenvalue weighted by atomic mass is 79.9. The van der Waals surface area contributed by atoms with Gasteiger partial charge >= 0.3 is 5.97 Å². The van der Waals surface area contributed by atoms with Crippen LogP contribution in [0.5, 0.6) is 0 Å². The summed E-state index contributed by atoms with van der Waals surface area (Å²) in [5, 5.41) is 20.2. The molecule has 180 valence electrons. The first-order chi connectivity index (χ1) is 17.6. The molecule has 0 aliphatic heterocycles. The molecule has 4 rings (SSSR count). The minimum atomic E-state index is -0.870. The summed E-state index contributed by atoms with van der Waals surface area (Å²) in [7, 11) is 1.40. The van der Waals surface area contributed by atoms with Crippen LogP contribution in [0.3, 0.4) is 0 Å². The molecule has 0 N–H and O–H groups in total. The molecule has 4 nitrogen and oxygen atoms in total. The van der Waals surface area contributed by atoms with Gasteiger partial charge in [0.1, 0.15) is 5.92 Å². The van der Waals surface area contributed by atoms with Crippen LogP contribution >= 0.6 is 15.9 Å². The van der Waals surface area contributed by atoms with Crippen molar-refractivity contribution >= 4 is 27.5 Å². The van der Waals surface area contributed by atoms with Crippen molar-refractivity contribution in [3.05, 3.63) is 112 Å². The normalized spacial score (nSPS) is 20.0. The molecule has 0 fully saturated rings. The van der Waals surface area contributed by atoms with Crippen molar-refractivity contribution in [3.63, 3.8) is 0 Å². The predicted octanol–water partition coefficient (Wildman–Crippen LogP) is 7.26. The summed E-state index contributed by atoms with van der Waals surface area (Å²) >= 11 is 3.53. The van der Waals surface area contributed by atoms with Crippen LogP contribution < -0.4 is 0 Å². The second-order valence-corrected chi connectivity index (χ2v) is 9.97. The molecule has 0 saturated carbocycles. The third-order valence-electron chi connectivity index (χ3n) is 7.18. The molecule has 3 aromatic carbocycles. The molecule has 0 bridgehead atoms. The highest BCUT2D eigenvalue weighted by Crippen LogP contribution is 2.54. The van der Waals surface area contributed by atoms with Gasteiger partial charge in [-0.15, -0.1) is 0 Å². The maximum absolute atomic E-state index is 12.8. The molecule has 1 aliphatic rings. The third-order valence-corrected chi connectivity index (χ3v) is 7.71. The summed E-state index contributed by atoms with van der Waals surface area (Å²) in [6, 6.07) is 32.6. The molecule has 0 saturated heterocycles. The molecular formula is C31H27BrN2O2. The standard InChI is InChI=1S/C31H27BrN2O2/c1-36-29(35)18-28-26(21-8-4-2-5-9-21)16-17-27(22-12-14-25(32)15-13-22)31(28)30(24(19-33)20-34)23-10-6-3-7-11-23/h2-16,24,27-28,30-31H,17-18H2,1H3/t27-,28-,30+,31-/m0/s1. The SMILES string of the molecule is COC(=O)C[C@H]1C(c2ccccc2)=CC[C@@H](c2ccc(Br)cc2)[C@@H]1[C@H](c1ccccc1)C(C#N)C#N. The van der Waals surface area contributed by atoms with Crippen LogP contribution in [0.1, 0.15) is 41.4 Å². The van der Waals surface area contributed by atoms with Gasteiger partial charge in [-0.05, 0) is 58.6 Å². The van der Waals surface area contributed by atoms with Crippen molar-refractivity contribution in [1.82, 2.24) is 0 Å². The number of hydrogen-bond acceptors (Lipinski definition) is 4. The van der Waals surface area contributed by atoms with Crippen molar-refractivity contribution in [2.75, 3.05) is 7.11 Å². The van der Waals surface area contributed by atoms with Gasteiger partial charge in [0.25, 0.3) is 0 Å². The van der Waals surface area contributed by atoms with E-state index in [0.29, 0.717) is 0 Å². The first-order valence-electron chi connectivity index (χ1n) is 12.0. The van der Waals surface area contributed by atoms with E-state index in [1.165, 1.54) is 7.11 Å². The Morgan fingerprint density at radius 3 is 2.17 bits per heavy atom. The van der Waals surface area contributed by atoms with Crippen molar-refractivity contribution in [2.45, 2.75) is 24.7 Å². The third kappa shape index (κ3) is 5.43. The van der Waals surface area contributed by atoms with Gasteiger partial charge in [-0.3, -0.25) is 4.79 Å². The minimum Gasteiger partial charge on any atom is -0.469 e. The van der Waals surface area contributed by atoms with Gasteiger partial charge in [-0.2, -0.15) is 10.5 Å². The largest absolute Gasteiger partial charge is 0.469 e. The number of hydrogen-bond donors (Lipinski definition) is 0. The Kier molecular flexibility index (Phi) is 8.36. The fraction of sp³-hybridized carbons (Fsp3) is 0.258. The molecule has 0 radical (unpaired) electrons.